The molecule has 0 aliphatic carbocycles. The summed E-state index contributed by atoms with van der Waals surface area (Å²) in [4.78, 5) is 25.4. The number of methoxy groups -OCH3 is 1. The SMILES string of the molecule is COC(=O)c1ccoc1CN(C)CC(=O)Nc1ccc(Cl)c(Cl)c1. The number of ether oxygens (including phenoxy) is 1. The van der Waals surface area contributed by atoms with Crippen LogP contribution in [0.5, 0.6) is 0 Å². The van der Waals surface area contributed by atoms with Crippen LogP contribution in [0.25, 0.3) is 0 Å². The molecule has 1 heterocycles. The van der Waals surface area contributed by atoms with Crippen molar-refractivity contribution in [3.8, 4) is 0 Å². The Kier molecular flexibility index (Phi) is 6.25. The first-order valence-corrected chi connectivity index (χ1v) is 7.74. The Balaban J connectivity index is 1.93. The lowest BCUT2D eigenvalue weighted by molar-refractivity contribution is -0.117. The molecule has 0 saturated heterocycles. The lowest BCUT2D eigenvalue weighted by Crippen LogP contribution is -2.30. The van der Waals surface area contributed by atoms with Gasteiger partial charge in [-0.1, -0.05) is 23.2 Å². The highest BCUT2D eigenvalue weighted by Crippen LogP contribution is 2.25. The van der Waals surface area contributed by atoms with Crippen LogP contribution in [0.1, 0.15) is 16.1 Å². The molecule has 128 valence electrons. The molecule has 0 fully saturated rings. The minimum atomic E-state index is -0.479. The Labute approximate surface area is 149 Å². The lowest BCUT2D eigenvalue weighted by atomic mass is 10.2. The van der Waals surface area contributed by atoms with Crippen molar-refractivity contribution in [2.45, 2.75) is 6.54 Å². The number of nitrogens with one attached hydrogen (secondary N) is 1. The fraction of sp³-hybridized carbons (Fsp3) is 0.250. The van der Waals surface area contributed by atoms with Gasteiger partial charge >= 0.3 is 5.97 Å². The highest BCUT2D eigenvalue weighted by molar-refractivity contribution is 6.42. The molecule has 0 aliphatic rings. The predicted molar refractivity (Wildman–Crippen MR) is 91.5 cm³/mol. The van der Waals surface area contributed by atoms with Gasteiger partial charge in [0.2, 0.25) is 5.91 Å². The van der Waals surface area contributed by atoms with Crippen LogP contribution >= 0.6 is 23.2 Å². The average molecular weight is 371 g/mol. The van der Waals surface area contributed by atoms with Gasteiger partial charge in [-0.05, 0) is 31.3 Å². The van der Waals surface area contributed by atoms with E-state index >= 15 is 0 Å². The summed E-state index contributed by atoms with van der Waals surface area (Å²) in [5, 5.41) is 3.50. The normalized spacial score (nSPS) is 10.7. The fourth-order valence-corrected chi connectivity index (χ4v) is 2.37. The van der Waals surface area contributed by atoms with E-state index in [1.807, 2.05) is 0 Å². The second kappa shape index (κ2) is 8.19. The number of benzene rings is 1. The van der Waals surface area contributed by atoms with Crippen molar-refractivity contribution in [2.24, 2.45) is 0 Å². The highest BCUT2D eigenvalue weighted by Gasteiger charge is 2.17. The zero-order chi connectivity index (χ0) is 17.7. The predicted octanol–water partition coefficient (Wildman–Crippen LogP) is 3.44. The van der Waals surface area contributed by atoms with Gasteiger partial charge in [0, 0.05) is 5.69 Å². The first-order chi connectivity index (χ1) is 11.4. The zero-order valence-electron chi connectivity index (χ0n) is 13.1. The molecule has 1 N–H and O–H groups in total. The molecule has 0 spiro atoms. The number of nitrogens with zero attached hydrogens (tertiary/aromatic N) is 1. The minimum absolute atomic E-state index is 0.0988. The van der Waals surface area contributed by atoms with E-state index in [9.17, 15) is 9.59 Å². The standard InChI is InChI=1S/C16H16Cl2N2O4/c1-20(8-14-11(5-6-24-14)16(22)23-2)9-15(21)19-10-3-4-12(17)13(18)7-10/h3-7H,8-9H2,1-2H3,(H,19,21). The molecule has 0 atom stereocenters. The van der Waals surface area contributed by atoms with E-state index in [2.05, 4.69) is 10.1 Å². The molecule has 0 unspecified atom stereocenters. The van der Waals surface area contributed by atoms with Crippen LogP contribution in [0.15, 0.2) is 34.9 Å². The van der Waals surface area contributed by atoms with Gasteiger partial charge in [-0.2, -0.15) is 0 Å². The summed E-state index contributed by atoms with van der Waals surface area (Å²) in [6.45, 7) is 0.383. The van der Waals surface area contributed by atoms with Crippen LogP contribution in [0, 0.1) is 0 Å². The van der Waals surface area contributed by atoms with Gasteiger partial charge in [0.15, 0.2) is 0 Å². The fourth-order valence-electron chi connectivity index (χ4n) is 2.08. The summed E-state index contributed by atoms with van der Waals surface area (Å²) in [6, 6.07) is 6.37. The molecule has 8 heteroatoms. The van der Waals surface area contributed by atoms with Gasteiger partial charge in [0.1, 0.15) is 11.3 Å². The van der Waals surface area contributed by atoms with E-state index in [0.717, 1.165) is 0 Å². The largest absolute Gasteiger partial charge is 0.467 e. The van der Waals surface area contributed by atoms with Crippen molar-refractivity contribution in [1.29, 1.82) is 0 Å². The summed E-state index contributed by atoms with van der Waals surface area (Å²) >= 11 is 11.7. The van der Waals surface area contributed by atoms with Crippen LogP contribution < -0.4 is 5.32 Å². The molecule has 1 aromatic heterocycles. The Morgan fingerprint density at radius 3 is 2.67 bits per heavy atom. The molecule has 1 aromatic carbocycles. The third-order valence-electron chi connectivity index (χ3n) is 3.18. The molecule has 0 bridgehead atoms. The van der Waals surface area contributed by atoms with Gasteiger partial charge in [-0.25, -0.2) is 4.79 Å². The van der Waals surface area contributed by atoms with E-state index < -0.39 is 5.97 Å². The van der Waals surface area contributed by atoms with Crippen molar-refractivity contribution in [3.05, 3.63) is 51.9 Å². The van der Waals surface area contributed by atoms with Crippen LogP contribution in [-0.4, -0.2) is 37.5 Å². The van der Waals surface area contributed by atoms with E-state index in [4.69, 9.17) is 27.6 Å². The molecular weight excluding hydrogens is 355 g/mol. The maximum atomic E-state index is 12.1. The molecule has 0 saturated carbocycles. The minimum Gasteiger partial charge on any atom is -0.467 e. The molecule has 2 aromatic rings. The molecule has 24 heavy (non-hydrogen) atoms. The first-order valence-electron chi connectivity index (χ1n) is 6.99. The van der Waals surface area contributed by atoms with Crippen LogP contribution in [-0.2, 0) is 16.1 Å². The second-order valence-electron chi connectivity index (χ2n) is 5.10. The Bertz CT molecular complexity index is 745. The van der Waals surface area contributed by atoms with Crippen LogP contribution in [0.4, 0.5) is 5.69 Å². The van der Waals surface area contributed by atoms with Crippen LogP contribution in [0.2, 0.25) is 10.0 Å². The number of hydrogen-bond acceptors (Lipinski definition) is 5. The third kappa shape index (κ3) is 4.74. The number of carbonyl (C=O) groups excluding carboxylic acids is 2. The summed E-state index contributed by atoms with van der Waals surface area (Å²) < 4.78 is 9.96. The number of likely N-dealkylation sites (N-methyl/N-ethyl adjacent to an activating group) is 1. The van der Waals surface area contributed by atoms with Gasteiger partial charge in [-0.15, -0.1) is 0 Å². The number of rotatable bonds is 6. The number of esters is 1. The maximum absolute atomic E-state index is 12.1. The number of carbonyl (C=O) groups is 2. The number of hydrogen-bond donors (Lipinski definition) is 1. The quantitative estimate of drug-likeness (QED) is 0.788. The van der Waals surface area contributed by atoms with E-state index in [0.29, 0.717) is 27.1 Å². The molecular formula is C16H16Cl2N2O4. The number of halogens is 2. The molecule has 6 nitrogen and oxygen atoms in total. The van der Waals surface area contributed by atoms with E-state index in [-0.39, 0.29) is 19.0 Å². The maximum Gasteiger partial charge on any atom is 0.341 e. The van der Waals surface area contributed by atoms with Gasteiger partial charge in [0.05, 0.1) is 36.5 Å². The second-order valence-corrected chi connectivity index (χ2v) is 5.91. The Morgan fingerprint density at radius 1 is 1.25 bits per heavy atom. The Morgan fingerprint density at radius 2 is 2.00 bits per heavy atom. The third-order valence-corrected chi connectivity index (χ3v) is 3.92. The van der Waals surface area contributed by atoms with Crippen molar-refractivity contribution >= 4 is 40.8 Å². The van der Waals surface area contributed by atoms with E-state index in [1.165, 1.54) is 19.4 Å². The summed E-state index contributed by atoms with van der Waals surface area (Å²) in [6.07, 6.45) is 1.41. The van der Waals surface area contributed by atoms with Crippen molar-refractivity contribution in [1.82, 2.24) is 4.90 Å². The number of anilines is 1. The highest BCUT2D eigenvalue weighted by atomic mass is 35.5. The molecule has 0 aliphatic heterocycles. The van der Waals surface area contributed by atoms with Crippen LogP contribution in [0.3, 0.4) is 0 Å². The smallest absolute Gasteiger partial charge is 0.341 e. The summed E-state index contributed by atoms with van der Waals surface area (Å²) in [5.41, 5.74) is 0.894. The lowest BCUT2D eigenvalue weighted by Gasteiger charge is -2.15. The molecule has 0 radical (unpaired) electrons. The number of amides is 1. The van der Waals surface area contributed by atoms with E-state index in [1.54, 1.807) is 30.1 Å². The average Bonchev–Trinajstić information content (AvgIpc) is 2.98. The summed E-state index contributed by atoms with van der Waals surface area (Å²) in [5.74, 6) is -0.277. The monoisotopic (exact) mass is 370 g/mol. The first kappa shape index (κ1) is 18.3. The van der Waals surface area contributed by atoms with Gasteiger partial charge < -0.3 is 14.5 Å². The zero-order valence-corrected chi connectivity index (χ0v) is 14.6. The van der Waals surface area contributed by atoms with Crippen molar-refractivity contribution < 1.29 is 18.7 Å². The van der Waals surface area contributed by atoms with Gasteiger partial charge in [0.25, 0.3) is 0 Å². The van der Waals surface area contributed by atoms with Gasteiger partial charge in [-0.3, -0.25) is 9.69 Å². The topological polar surface area (TPSA) is 71.8 Å². The van der Waals surface area contributed by atoms with Crippen molar-refractivity contribution in [2.75, 3.05) is 26.0 Å². The van der Waals surface area contributed by atoms with Crippen molar-refractivity contribution in [3.63, 3.8) is 0 Å². The molecule has 2 rings (SSSR count). The molecule has 1 amide bonds. The Hall–Kier alpha value is -2.02. The number of furan rings is 1. The summed E-state index contributed by atoms with van der Waals surface area (Å²) in [7, 11) is 3.03.